The lowest BCUT2D eigenvalue weighted by molar-refractivity contribution is 1.45. The fraction of sp³-hybridized carbons (Fsp3) is 0. The number of rotatable bonds is 3. The van der Waals surface area contributed by atoms with Gasteiger partial charge in [-0.1, -0.05) is 133 Å². The summed E-state index contributed by atoms with van der Waals surface area (Å²) in [6.45, 7) is 0. The van der Waals surface area contributed by atoms with E-state index in [4.69, 9.17) is 4.98 Å². The second-order valence-corrected chi connectivity index (χ2v) is 10.4. The van der Waals surface area contributed by atoms with Crippen molar-refractivity contribution >= 4 is 43.2 Å². The molecule has 0 bridgehead atoms. The van der Waals surface area contributed by atoms with E-state index in [1.165, 1.54) is 71.1 Å². The van der Waals surface area contributed by atoms with Gasteiger partial charge in [0.1, 0.15) is 0 Å². The largest absolute Gasteiger partial charge is 0.256 e. The van der Waals surface area contributed by atoms with Crippen LogP contribution in [0.25, 0.3) is 76.6 Å². The Bertz CT molecular complexity index is 2190. The van der Waals surface area contributed by atoms with Gasteiger partial charge in [-0.25, -0.2) is 0 Å². The van der Waals surface area contributed by atoms with Gasteiger partial charge in [0.15, 0.2) is 0 Å². The first-order chi connectivity index (χ1) is 19.8. The average molecular weight is 508 g/mol. The Morgan fingerprint density at radius 1 is 0.350 bits per heavy atom. The molecule has 7 aromatic carbocycles. The van der Waals surface area contributed by atoms with Crippen LogP contribution < -0.4 is 0 Å². The van der Waals surface area contributed by atoms with E-state index >= 15 is 0 Å². The van der Waals surface area contributed by atoms with Crippen LogP contribution in [0.5, 0.6) is 0 Å². The van der Waals surface area contributed by atoms with E-state index in [0.29, 0.717) is 0 Å². The molecule has 186 valence electrons. The fourth-order valence-electron chi connectivity index (χ4n) is 6.21. The molecule has 0 spiro atoms. The smallest absolute Gasteiger partial charge is 0.0708 e. The van der Waals surface area contributed by atoms with Crippen LogP contribution in [0, 0.1) is 0 Å². The van der Waals surface area contributed by atoms with Crippen molar-refractivity contribution in [2.45, 2.75) is 0 Å². The molecule has 1 heterocycles. The van der Waals surface area contributed by atoms with Crippen molar-refractivity contribution in [2.75, 3.05) is 0 Å². The first-order valence-corrected chi connectivity index (χ1v) is 13.7. The molecule has 0 N–H and O–H groups in total. The SMILES string of the molecule is c1ccc(-c2ccc(-c3c4ccccc4c(-c4ccc5ccccc5c4)c4c3cnc3ccccc34)cc2)cc1. The molecule has 0 unspecified atom stereocenters. The highest BCUT2D eigenvalue weighted by molar-refractivity contribution is 6.27. The number of aromatic nitrogens is 1. The fourth-order valence-corrected chi connectivity index (χ4v) is 6.21. The Morgan fingerprint density at radius 2 is 0.925 bits per heavy atom. The molecule has 0 saturated carbocycles. The minimum atomic E-state index is 1.01. The summed E-state index contributed by atoms with van der Waals surface area (Å²) in [5.41, 5.74) is 8.37. The number of hydrogen-bond acceptors (Lipinski definition) is 1. The van der Waals surface area contributed by atoms with E-state index in [-0.39, 0.29) is 0 Å². The lowest BCUT2D eigenvalue weighted by Gasteiger charge is -2.19. The van der Waals surface area contributed by atoms with Crippen LogP contribution in [0.2, 0.25) is 0 Å². The van der Waals surface area contributed by atoms with Crippen LogP contribution in [0.3, 0.4) is 0 Å². The molecule has 8 aromatic rings. The summed E-state index contributed by atoms with van der Waals surface area (Å²) in [6.07, 6.45) is 2.08. The van der Waals surface area contributed by atoms with E-state index in [1.807, 2.05) is 0 Å². The van der Waals surface area contributed by atoms with E-state index in [2.05, 4.69) is 152 Å². The Kier molecular flexibility index (Phi) is 5.21. The van der Waals surface area contributed by atoms with Crippen LogP contribution in [0.1, 0.15) is 0 Å². The lowest BCUT2D eigenvalue weighted by Crippen LogP contribution is -1.93. The maximum atomic E-state index is 4.95. The van der Waals surface area contributed by atoms with Gasteiger partial charge in [-0.15, -0.1) is 0 Å². The van der Waals surface area contributed by atoms with Gasteiger partial charge in [0.25, 0.3) is 0 Å². The molecule has 0 aliphatic heterocycles. The van der Waals surface area contributed by atoms with Crippen LogP contribution in [-0.2, 0) is 0 Å². The zero-order valence-electron chi connectivity index (χ0n) is 21.9. The van der Waals surface area contributed by atoms with Crippen molar-refractivity contribution in [1.82, 2.24) is 4.98 Å². The van der Waals surface area contributed by atoms with Gasteiger partial charge in [0.2, 0.25) is 0 Å². The van der Waals surface area contributed by atoms with E-state index in [0.717, 1.165) is 5.52 Å². The summed E-state index contributed by atoms with van der Waals surface area (Å²) in [5.74, 6) is 0. The van der Waals surface area contributed by atoms with Crippen molar-refractivity contribution in [3.05, 3.63) is 152 Å². The zero-order valence-corrected chi connectivity index (χ0v) is 21.9. The molecule has 0 atom stereocenters. The van der Waals surface area contributed by atoms with E-state index in [9.17, 15) is 0 Å². The first kappa shape index (κ1) is 22.7. The van der Waals surface area contributed by atoms with Crippen LogP contribution >= 0.6 is 0 Å². The molecule has 0 aliphatic carbocycles. The first-order valence-electron chi connectivity index (χ1n) is 13.7. The molecule has 0 fully saturated rings. The third kappa shape index (κ3) is 3.60. The molecule has 0 aliphatic rings. The average Bonchev–Trinajstić information content (AvgIpc) is 3.04. The molecule has 0 radical (unpaired) electrons. The Morgan fingerprint density at radius 3 is 1.73 bits per heavy atom. The van der Waals surface area contributed by atoms with Crippen LogP contribution in [0.4, 0.5) is 0 Å². The van der Waals surface area contributed by atoms with Crippen LogP contribution in [0.15, 0.2) is 152 Å². The Hall–Kier alpha value is -5.27. The maximum absolute atomic E-state index is 4.95. The van der Waals surface area contributed by atoms with Crippen molar-refractivity contribution in [1.29, 1.82) is 0 Å². The third-order valence-corrected chi connectivity index (χ3v) is 8.08. The van der Waals surface area contributed by atoms with Crippen molar-refractivity contribution in [3.8, 4) is 33.4 Å². The number of para-hydroxylation sites is 1. The lowest BCUT2D eigenvalue weighted by atomic mass is 9.84. The second-order valence-electron chi connectivity index (χ2n) is 10.4. The van der Waals surface area contributed by atoms with Gasteiger partial charge < -0.3 is 0 Å². The van der Waals surface area contributed by atoms with E-state index < -0.39 is 0 Å². The Labute approximate surface area is 233 Å². The molecule has 0 amide bonds. The standard InChI is InChI=1S/C39H25N/c1-2-10-26(11-3-1)28-18-21-29(22-19-28)37-32-14-6-7-15-33(32)38(31-23-20-27-12-4-5-13-30(27)24-31)39-34-16-8-9-17-36(34)40-25-35(37)39/h1-25H. The molecule has 8 rings (SSSR count). The molecule has 1 nitrogen and oxygen atoms in total. The molecule has 1 aromatic heterocycles. The maximum Gasteiger partial charge on any atom is 0.0708 e. The molecular weight excluding hydrogens is 482 g/mol. The minimum Gasteiger partial charge on any atom is -0.256 e. The van der Waals surface area contributed by atoms with Gasteiger partial charge in [-0.2, -0.15) is 0 Å². The van der Waals surface area contributed by atoms with Gasteiger partial charge in [0, 0.05) is 22.4 Å². The minimum absolute atomic E-state index is 1.01. The molecule has 0 saturated heterocycles. The van der Waals surface area contributed by atoms with Gasteiger partial charge >= 0.3 is 0 Å². The van der Waals surface area contributed by atoms with Crippen molar-refractivity contribution in [3.63, 3.8) is 0 Å². The number of benzene rings is 7. The van der Waals surface area contributed by atoms with Gasteiger partial charge in [-0.05, 0) is 67.1 Å². The van der Waals surface area contributed by atoms with Gasteiger partial charge in [-0.3, -0.25) is 4.98 Å². The number of nitrogens with zero attached hydrogens (tertiary/aromatic N) is 1. The number of fused-ring (bicyclic) bond motifs is 5. The summed E-state index contributed by atoms with van der Waals surface area (Å²) in [6, 6.07) is 52.3. The second kappa shape index (κ2) is 9.18. The number of hydrogen-bond donors (Lipinski definition) is 0. The highest BCUT2D eigenvalue weighted by Gasteiger charge is 2.19. The summed E-state index contributed by atoms with van der Waals surface area (Å²) in [5, 5.41) is 8.59. The summed E-state index contributed by atoms with van der Waals surface area (Å²) in [4.78, 5) is 4.95. The predicted octanol–water partition coefficient (Wildman–Crippen LogP) is 10.7. The van der Waals surface area contributed by atoms with E-state index in [1.54, 1.807) is 0 Å². The monoisotopic (exact) mass is 507 g/mol. The molecular formula is C39H25N. The molecule has 1 heteroatoms. The summed E-state index contributed by atoms with van der Waals surface area (Å²) >= 11 is 0. The quantitative estimate of drug-likeness (QED) is 0.171. The van der Waals surface area contributed by atoms with Crippen LogP contribution in [-0.4, -0.2) is 4.98 Å². The zero-order chi connectivity index (χ0) is 26.5. The predicted molar refractivity (Wildman–Crippen MR) is 171 cm³/mol. The highest BCUT2D eigenvalue weighted by atomic mass is 14.6. The van der Waals surface area contributed by atoms with Gasteiger partial charge in [0.05, 0.1) is 5.52 Å². The Balaban J connectivity index is 1.49. The summed E-state index contributed by atoms with van der Waals surface area (Å²) < 4.78 is 0. The number of pyridine rings is 1. The van der Waals surface area contributed by atoms with Crippen molar-refractivity contribution < 1.29 is 0 Å². The summed E-state index contributed by atoms with van der Waals surface area (Å²) in [7, 11) is 0. The normalized spacial score (nSPS) is 11.5. The van der Waals surface area contributed by atoms with Crippen molar-refractivity contribution in [2.24, 2.45) is 0 Å². The topological polar surface area (TPSA) is 12.9 Å². The molecule has 40 heavy (non-hydrogen) atoms. The third-order valence-electron chi connectivity index (χ3n) is 8.08. The highest BCUT2D eigenvalue weighted by Crippen LogP contribution is 2.46.